The van der Waals surface area contributed by atoms with E-state index in [4.69, 9.17) is 37.1 Å². The van der Waals surface area contributed by atoms with Gasteiger partial charge < -0.3 is 19.2 Å². The summed E-state index contributed by atoms with van der Waals surface area (Å²) in [5.41, 5.74) is 3.23. The molecule has 2 N–H and O–H groups in total. The molecule has 2 amide bonds. The molecule has 3 rings (SSSR count). The highest BCUT2D eigenvalue weighted by Crippen LogP contribution is 2.34. The summed E-state index contributed by atoms with van der Waals surface area (Å²) >= 11 is 12.3. The first-order valence-electron chi connectivity index (χ1n) is 11.1. The molecule has 8 nitrogen and oxygen atoms in total. The summed E-state index contributed by atoms with van der Waals surface area (Å²) in [6, 6.07) is 17.0. The Hall–Kier alpha value is -3.33. The maximum atomic E-state index is 12.7. The number of carbonyl (C=O) groups is 2. The number of ether oxygens (including phenoxy) is 2. The summed E-state index contributed by atoms with van der Waals surface area (Å²) in [5.74, 6) is 0.280. The molecule has 0 aliphatic carbocycles. The standard InChI is InChI=1S/C26H27Cl2N3O5/c1-26(2,3)36-25(33)30-21(16-34-15-17-8-5-4-6-9-17)24(32)31-29-14-18-12-13-22(35-18)19-10-7-11-20(27)23(19)28/h4-14,21H,15-16H2,1-3H3,(H,30,33)(H,31,32)/b29-14-/t21-/m0/s1. The molecule has 10 heteroatoms. The fourth-order valence-corrected chi connectivity index (χ4v) is 3.39. The molecular weight excluding hydrogens is 505 g/mol. The Morgan fingerprint density at radius 2 is 1.81 bits per heavy atom. The maximum absolute atomic E-state index is 12.7. The molecule has 2 aromatic carbocycles. The van der Waals surface area contributed by atoms with Crippen LogP contribution in [0.15, 0.2) is 70.2 Å². The van der Waals surface area contributed by atoms with Crippen LogP contribution in [0.5, 0.6) is 0 Å². The lowest BCUT2D eigenvalue weighted by Gasteiger charge is -2.22. The highest BCUT2D eigenvalue weighted by Gasteiger charge is 2.24. The number of nitrogens with one attached hydrogen (secondary N) is 2. The van der Waals surface area contributed by atoms with Crippen LogP contribution in [0.1, 0.15) is 32.1 Å². The van der Waals surface area contributed by atoms with Crippen molar-refractivity contribution in [3.05, 3.63) is 82.0 Å². The average Bonchev–Trinajstić information content (AvgIpc) is 3.28. The van der Waals surface area contributed by atoms with E-state index < -0.39 is 23.6 Å². The van der Waals surface area contributed by atoms with Crippen LogP contribution in [-0.4, -0.2) is 36.5 Å². The zero-order valence-corrected chi connectivity index (χ0v) is 21.6. The third-order valence-electron chi connectivity index (χ3n) is 4.61. The van der Waals surface area contributed by atoms with Crippen molar-refractivity contribution in [3.8, 4) is 11.3 Å². The highest BCUT2D eigenvalue weighted by atomic mass is 35.5. The van der Waals surface area contributed by atoms with Crippen molar-refractivity contribution in [1.82, 2.24) is 10.7 Å². The van der Waals surface area contributed by atoms with Crippen LogP contribution in [0.4, 0.5) is 4.79 Å². The number of hydrogen-bond acceptors (Lipinski definition) is 6. The zero-order valence-electron chi connectivity index (χ0n) is 20.1. The van der Waals surface area contributed by atoms with Crippen molar-refractivity contribution in [3.63, 3.8) is 0 Å². The molecule has 0 saturated carbocycles. The van der Waals surface area contributed by atoms with Crippen molar-refractivity contribution in [2.45, 2.75) is 39.0 Å². The van der Waals surface area contributed by atoms with Gasteiger partial charge in [-0.15, -0.1) is 0 Å². The first-order chi connectivity index (χ1) is 17.1. The average molecular weight is 532 g/mol. The van der Waals surface area contributed by atoms with E-state index >= 15 is 0 Å². The molecule has 190 valence electrons. The lowest BCUT2D eigenvalue weighted by atomic mass is 10.2. The summed E-state index contributed by atoms with van der Waals surface area (Å²) in [7, 11) is 0. The van der Waals surface area contributed by atoms with Gasteiger partial charge in [-0.2, -0.15) is 5.10 Å². The van der Waals surface area contributed by atoms with E-state index in [1.54, 1.807) is 51.1 Å². The van der Waals surface area contributed by atoms with E-state index in [2.05, 4.69) is 15.8 Å². The van der Waals surface area contributed by atoms with Gasteiger partial charge in [0.05, 0.1) is 29.5 Å². The topological polar surface area (TPSA) is 102 Å². The summed E-state index contributed by atoms with van der Waals surface area (Å²) in [4.78, 5) is 25.0. The lowest BCUT2D eigenvalue weighted by Crippen LogP contribution is -2.49. The third kappa shape index (κ3) is 8.41. The van der Waals surface area contributed by atoms with Crippen molar-refractivity contribution >= 4 is 41.4 Å². The summed E-state index contributed by atoms with van der Waals surface area (Å²) < 4.78 is 16.6. The van der Waals surface area contributed by atoms with Crippen LogP contribution in [0, 0.1) is 0 Å². The van der Waals surface area contributed by atoms with E-state index in [-0.39, 0.29) is 13.2 Å². The van der Waals surface area contributed by atoms with E-state index in [0.717, 1.165) is 5.56 Å². The summed E-state index contributed by atoms with van der Waals surface area (Å²) in [6.07, 6.45) is 0.582. The number of rotatable bonds is 9. The quantitative estimate of drug-likeness (QED) is 0.267. The molecular formula is C26H27Cl2N3O5. The number of hydrogen-bond donors (Lipinski definition) is 2. The van der Waals surface area contributed by atoms with Gasteiger partial charge in [-0.3, -0.25) is 4.79 Å². The van der Waals surface area contributed by atoms with Gasteiger partial charge in [0.15, 0.2) is 0 Å². The smallest absolute Gasteiger partial charge is 0.408 e. The van der Waals surface area contributed by atoms with Crippen molar-refractivity contribution in [2.24, 2.45) is 5.10 Å². The predicted molar refractivity (Wildman–Crippen MR) is 139 cm³/mol. The molecule has 0 fully saturated rings. The van der Waals surface area contributed by atoms with Crippen LogP contribution < -0.4 is 10.7 Å². The fourth-order valence-electron chi connectivity index (χ4n) is 3.00. The summed E-state index contributed by atoms with van der Waals surface area (Å²) in [5, 5.41) is 7.24. The Labute approximate surface area is 219 Å². The van der Waals surface area contributed by atoms with Crippen LogP contribution in [0.2, 0.25) is 10.0 Å². The Morgan fingerprint density at radius 3 is 2.53 bits per heavy atom. The molecule has 1 atom stereocenters. The Balaban J connectivity index is 1.62. The van der Waals surface area contributed by atoms with E-state index in [0.29, 0.717) is 27.1 Å². The van der Waals surface area contributed by atoms with Gasteiger partial charge in [0.25, 0.3) is 5.91 Å². The molecule has 0 spiro atoms. The van der Waals surface area contributed by atoms with Crippen LogP contribution in [-0.2, 0) is 20.9 Å². The Morgan fingerprint density at radius 1 is 1.06 bits per heavy atom. The SMILES string of the molecule is CC(C)(C)OC(=O)N[C@@H](COCc1ccccc1)C(=O)N/N=C\c1ccc(-c2cccc(Cl)c2Cl)o1. The van der Waals surface area contributed by atoms with Gasteiger partial charge >= 0.3 is 6.09 Å². The van der Waals surface area contributed by atoms with Gasteiger partial charge in [-0.05, 0) is 50.6 Å². The highest BCUT2D eigenvalue weighted by molar-refractivity contribution is 6.43. The second-order valence-electron chi connectivity index (χ2n) is 8.74. The molecule has 0 aliphatic heterocycles. The van der Waals surface area contributed by atoms with Crippen LogP contribution in [0.25, 0.3) is 11.3 Å². The van der Waals surface area contributed by atoms with Crippen LogP contribution in [0.3, 0.4) is 0 Å². The molecule has 1 heterocycles. The molecule has 0 unspecified atom stereocenters. The molecule has 0 aliphatic rings. The monoisotopic (exact) mass is 531 g/mol. The minimum atomic E-state index is -1.04. The second-order valence-corrected chi connectivity index (χ2v) is 9.52. The summed E-state index contributed by atoms with van der Waals surface area (Å²) in [6.45, 7) is 5.36. The number of halogens is 2. The van der Waals surface area contributed by atoms with Crippen molar-refractivity contribution in [2.75, 3.05) is 6.61 Å². The lowest BCUT2D eigenvalue weighted by molar-refractivity contribution is -0.124. The molecule has 0 saturated heterocycles. The van der Waals surface area contributed by atoms with Crippen molar-refractivity contribution in [1.29, 1.82) is 0 Å². The molecule has 1 aromatic heterocycles. The van der Waals surface area contributed by atoms with Gasteiger partial charge in [0.2, 0.25) is 0 Å². The first-order valence-corrected chi connectivity index (χ1v) is 11.9. The van der Waals surface area contributed by atoms with Gasteiger partial charge in [-0.25, -0.2) is 10.2 Å². The normalized spacial score (nSPS) is 12.4. The molecule has 36 heavy (non-hydrogen) atoms. The second kappa shape index (κ2) is 12.6. The first kappa shape index (κ1) is 27.3. The fraction of sp³-hybridized carbons (Fsp3) is 0.269. The number of benzene rings is 2. The van der Waals surface area contributed by atoms with Gasteiger partial charge in [-0.1, -0.05) is 59.6 Å². The minimum absolute atomic E-state index is 0.0896. The van der Waals surface area contributed by atoms with E-state index in [1.807, 2.05) is 30.3 Å². The number of carbonyl (C=O) groups excluding carboxylic acids is 2. The van der Waals surface area contributed by atoms with Crippen LogP contribution >= 0.6 is 23.2 Å². The third-order valence-corrected chi connectivity index (χ3v) is 5.43. The van der Waals surface area contributed by atoms with E-state index in [9.17, 15) is 9.59 Å². The van der Waals surface area contributed by atoms with Gasteiger partial charge in [0.1, 0.15) is 23.2 Å². The zero-order chi connectivity index (χ0) is 26.1. The van der Waals surface area contributed by atoms with Crippen molar-refractivity contribution < 1.29 is 23.5 Å². The number of furan rings is 1. The Kier molecular flexibility index (Phi) is 9.52. The molecule has 0 bridgehead atoms. The molecule has 3 aromatic rings. The number of alkyl carbamates (subject to hydrolysis) is 1. The molecule has 0 radical (unpaired) electrons. The maximum Gasteiger partial charge on any atom is 0.408 e. The Bertz CT molecular complexity index is 1210. The largest absolute Gasteiger partial charge is 0.455 e. The predicted octanol–water partition coefficient (Wildman–Crippen LogP) is 5.81. The number of nitrogens with zero attached hydrogens (tertiary/aromatic N) is 1. The van der Waals surface area contributed by atoms with Gasteiger partial charge in [0, 0.05) is 5.56 Å². The number of hydrazone groups is 1. The van der Waals surface area contributed by atoms with E-state index in [1.165, 1.54) is 6.21 Å². The number of amides is 2. The minimum Gasteiger partial charge on any atom is -0.455 e.